The van der Waals surface area contributed by atoms with Crippen molar-refractivity contribution in [2.75, 3.05) is 19.6 Å². The van der Waals surface area contributed by atoms with Crippen molar-refractivity contribution >= 4 is 23.4 Å². The fraction of sp³-hybridized carbons (Fsp3) is 0.529. The largest absolute Gasteiger partial charge is 0.335 e. The van der Waals surface area contributed by atoms with E-state index in [1.54, 1.807) is 9.80 Å². The van der Waals surface area contributed by atoms with Crippen molar-refractivity contribution in [3.05, 3.63) is 34.9 Å². The first-order valence-electron chi connectivity index (χ1n) is 7.93. The molecule has 1 aliphatic heterocycles. The van der Waals surface area contributed by atoms with E-state index >= 15 is 0 Å². The second-order valence-electron chi connectivity index (χ2n) is 6.44. The quantitative estimate of drug-likeness (QED) is 0.892. The van der Waals surface area contributed by atoms with Gasteiger partial charge in [-0.25, -0.2) is 0 Å². The number of rotatable bonds is 5. The summed E-state index contributed by atoms with van der Waals surface area (Å²) in [6, 6.07) is 6.92. The molecule has 1 aromatic rings. The molecule has 1 aromatic carbocycles. The summed E-state index contributed by atoms with van der Waals surface area (Å²) in [4.78, 5) is 27.9. The lowest BCUT2D eigenvalue weighted by Crippen LogP contribution is -2.55. The summed E-state index contributed by atoms with van der Waals surface area (Å²) >= 11 is 5.87. The number of nitrogens with two attached hydrogens (primary N) is 1. The van der Waals surface area contributed by atoms with Crippen molar-refractivity contribution < 1.29 is 9.59 Å². The molecule has 0 unspecified atom stereocenters. The molecule has 2 amide bonds. The fourth-order valence-electron chi connectivity index (χ4n) is 2.72. The summed E-state index contributed by atoms with van der Waals surface area (Å²) < 4.78 is 0. The van der Waals surface area contributed by atoms with E-state index in [4.69, 9.17) is 17.3 Å². The third-order valence-corrected chi connectivity index (χ3v) is 4.21. The highest BCUT2D eigenvalue weighted by Crippen LogP contribution is 2.14. The maximum atomic E-state index is 12.3. The average Bonchev–Trinajstić information content (AvgIpc) is 2.50. The number of carbonyl (C=O) groups is 2. The van der Waals surface area contributed by atoms with E-state index in [2.05, 4.69) is 0 Å². The first-order chi connectivity index (χ1) is 10.9. The van der Waals surface area contributed by atoms with Gasteiger partial charge in [-0.2, -0.15) is 0 Å². The van der Waals surface area contributed by atoms with E-state index in [9.17, 15) is 9.59 Å². The normalized spacial score (nSPS) is 16.8. The number of piperazine rings is 1. The van der Waals surface area contributed by atoms with E-state index < -0.39 is 6.04 Å². The zero-order valence-corrected chi connectivity index (χ0v) is 14.4. The van der Waals surface area contributed by atoms with Gasteiger partial charge < -0.3 is 15.5 Å². The molecule has 1 saturated heterocycles. The van der Waals surface area contributed by atoms with Crippen LogP contribution in [0.1, 0.15) is 25.8 Å². The van der Waals surface area contributed by atoms with Crippen LogP contribution in [0.4, 0.5) is 0 Å². The summed E-state index contributed by atoms with van der Waals surface area (Å²) in [7, 11) is 0. The number of amides is 2. The van der Waals surface area contributed by atoms with Crippen molar-refractivity contribution in [3.63, 3.8) is 0 Å². The number of hydrogen-bond donors (Lipinski definition) is 1. The smallest absolute Gasteiger partial charge is 0.242 e. The molecule has 1 fully saturated rings. The predicted molar refractivity (Wildman–Crippen MR) is 90.9 cm³/mol. The fourth-order valence-corrected chi connectivity index (χ4v) is 2.84. The Hall–Kier alpha value is -1.59. The standard InChI is InChI=1S/C17H24ClN3O2/c1-12(2)9-15(19)17(23)21-8-7-20(16(22)11-21)10-13-3-5-14(18)6-4-13/h3-6,12,15H,7-11,19H2,1-2H3/t15-/m0/s1. The van der Waals surface area contributed by atoms with E-state index in [1.807, 2.05) is 38.1 Å². The molecule has 0 spiro atoms. The third-order valence-electron chi connectivity index (χ3n) is 3.96. The SMILES string of the molecule is CC(C)C[C@H](N)C(=O)N1CCN(Cc2ccc(Cl)cc2)C(=O)C1. The van der Waals surface area contributed by atoms with E-state index in [0.717, 1.165) is 5.56 Å². The average molecular weight is 338 g/mol. The van der Waals surface area contributed by atoms with Crippen molar-refractivity contribution in [2.45, 2.75) is 32.9 Å². The Kier molecular flexibility index (Phi) is 6.02. The molecule has 0 bridgehead atoms. The van der Waals surface area contributed by atoms with Crippen LogP contribution in [0.15, 0.2) is 24.3 Å². The summed E-state index contributed by atoms with van der Waals surface area (Å²) in [5.74, 6) is 0.185. The summed E-state index contributed by atoms with van der Waals surface area (Å²) in [6.45, 7) is 5.77. The molecular formula is C17H24ClN3O2. The lowest BCUT2D eigenvalue weighted by atomic mass is 10.0. The first-order valence-corrected chi connectivity index (χ1v) is 8.31. The maximum Gasteiger partial charge on any atom is 0.242 e. The van der Waals surface area contributed by atoms with E-state index in [0.29, 0.717) is 37.0 Å². The Morgan fingerprint density at radius 2 is 1.91 bits per heavy atom. The highest BCUT2D eigenvalue weighted by molar-refractivity contribution is 6.30. The number of halogens is 1. The van der Waals surface area contributed by atoms with Crippen LogP contribution in [0.5, 0.6) is 0 Å². The van der Waals surface area contributed by atoms with Crippen LogP contribution in [0, 0.1) is 5.92 Å². The highest BCUT2D eigenvalue weighted by atomic mass is 35.5. The minimum Gasteiger partial charge on any atom is -0.335 e. The van der Waals surface area contributed by atoms with Gasteiger partial charge >= 0.3 is 0 Å². The Bertz CT molecular complexity index is 559. The highest BCUT2D eigenvalue weighted by Gasteiger charge is 2.29. The van der Waals surface area contributed by atoms with Gasteiger partial charge in [0.15, 0.2) is 0 Å². The molecule has 5 nitrogen and oxygen atoms in total. The summed E-state index contributed by atoms with van der Waals surface area (Å²) in [5, 5.41) is 0.676. The van der Waals surface area contributed by atoms with Crippen LogP contribution in [0.25, 0.3) is 0 Å². The molecule has 0 saturated carbocycles. The topological polar surface area (TPSA) is 66.6 Å². The molecule has 0 aromatic heterocycles. The Balaban J connectivity index is 1.90. The summed E-state index contributed by atoms with van der Waals surface area (Å²) in [5.41, 5.74) is 6.97. The van der Waals surface area contributed by atoms with Crippen molar-refractivity contribution in [2.24, 2.45) is 11.7 Å². The van der Waals surface area contributed by atoms with Crippen molar-refractivity contribution in [1.82, 2.24) is 9.80 Å². The van der Waals surface area contributed by atoms with Crippen molar-refractivity contribution in [3.8, 4) is 0 Å². The molecule has 1 atom stereocenters. The first kappa shape index (κ1) is 17.8. The van der Waals surface area contributed by atoms with Gasteiger partial charge in [0.2, 0.25) is 11.8 Å². The van der Waals surface area contributed by atoms with Crippen molar-refractivity contribution in [1.29, 1.82) is 0 Å². The molecule has 6 heteroatoms. The Morgan fingerprint density at radius 3 is 2.48 bits per heavy atom. The van der Waals surface area contributed by atoms with Gasteiger partial charge in [-0.15, -0.1) is 0 Å². The molecule has 1 heterocycles. The van der Waals surface area contributed by atoms with Gasteiger partial charge in [0, 0.05) is 24.7 Å². The number of carbonyl (C=O) groups excluding carboxylic acids is 2. The van der Waals surface area contributed by atoms with Gasteiger partial charge in [0.25, 0.3) is 0 Å². The predicted octanol–water partition coefficient (Wildman–Crippen LogP) is 1.88. The second kappa shape index (κ2) is 7.79. The molecule has 126 valence electrons. The Labute approximate surface area is 142 Å². The van der Waals surface area contributed by atoms with Gasteiger partial charge in [-0.3, -0.25) is 9.59 Å². The van der Waals surface area contributed by atoms with Gasteiger partial charge in [0.1, 0.15) is 0 Å². The van der Waals surface area contributed by atoms with Crippen LogP contribution in [-0.4, -0.2) is 47.3 Å². The molecule has 0 radical (unpaired) electrons. The van der Waals surface area contributed by atoms with E-state index in [-0.39, 0.29) is 18.4 Å². The van der Waals surface area contributed by atoms with E-state index in [1.165, 1.54) is 0 Å². The molecule has 2 rings (SSSR count). The molecule has 0 aliphatic carbocycles. The lowest BCUT2D eigenvalue weighted by Gasteiger charge is -2.35. The molecule has 2 N–H and O–H groups in total. The number of benzene rings is 1. The second-order valence-corrected chi connectivity index (χ2v) is 6.87. The zero-order chi connectivity index (χ0) is 17.0. The van der Waals surface area contributed by atoms with Crippen LogP contribution in [-0.2, 0) is 16.1 Å². The lowest BCUT2D eigenvalue weighted by molar-refractivity contribution is -0.146. The minimum atomic E-state index is -0.523. The van der Waals surface area contributed by atoms with Gasteiger partial charge in [-0.05, 0) is 30.0 Å². The van der Waals surface area contributed by atoms with Crippen LogP contribution in [0.2, 0.25) is 5.02 Å². The third kappa shape index (κ3) is 4.94. The molecule has 23 heavy (non-hydrogen) atoms. The molecule has 1 aliphatic rings. The summed E-state index contributed by atoms with van der Waals surface area (Å²) in [6.07, 6.45) is 0.637. The van der Waals surface area contributed by atoms with Crippen LogP contribution >= 0.6 is 11.6 Å². The molecular weight excluding hydrogens is 314 g/mol. The zero-order valence-electron chi connectivity index (χ0n) is 13.7. The number of nitrogens with zero attached hydrogens (tertiary/aromatic N) is 2. The van der Waals surface area contributed by atoms with Gasteiger partial charge in [0.05, 0.1) is 12.6 Å². The van der Waals surface area contributed by atoms with Crippen LogP contribution in [0.3, 0.4) is 0 Å². The number of hydrogen-bond acceptors (Lipinski definition) is 3. The van der Waals surface area contributed by atoms with Crippen LogP contribution < -0.4 is 5.73 Å². The minimum absolute atomic E-state index is 0.0451. The Morgan fingerprint density at radius 1 is 1.26 bits per heavy atom. The maximum absolute atomic E-state index is 12.3. The monoisotopic (exact) mass is 337 g/mol. The van der Waals surface area contributed by atoms with Gasteiger partial charge in [-0.1, -0.05) is 37.6 Å².